The van der Waals surface area contributed by atoms with Gasteiger partial charge >= 0.3 is 0 Å². The van der Waals surface area contributed by atoms with Crippen LogP contribution in [0.5, 0.6) is 0 Å². The van der Waals surface area contributed by atoms with Crippen molar-refractivity contribution in [1.82, 2.24) is 9.88 Å². The van der Waals surface area contributed by atoms with Crippen LogP contribution in [0.3, 0.4) is 0 Å². The van der Waals surface area contributed by atoms with Crippen molar-refractivity contribution >= 4 is 27.5 Å². The maximum atomic E-state index is 12.6. The second-order valence-electron chi connectivity index (χ2n) is 4.80. The fourth-order valence-corrected chi connectivity index (χ4v) is 2.48. The summed E-state index contributed by atoms with van der Waals surface area (Å²) < 4.78 is 0.716. The Balaban J connectivity index is 2.20. The summed E-state index contributed by atoms with van der Waals surface area (Å²) in [6, 6.07) is 11.2. The first kappa shape index (κ1) is 15.5. The van der Waals surface area contributed by atoms with E-state index in [0.717, 1.165) is 17.7 Å². The monoisotopic (exact) mass is 347 g/mol. The molecule has 0 aliphatic rings. The number of nitrogen functional groups attached to an aromatic ring is 1. The number of amides is 1. The molecule has 1 aromatic carbocycles. The molecule has 2 rings (SSSR count). The molecule has 5 heteroatoms. The molecule has 4 nitrogen and oxygen atoms in total. The van der Waals surface area contributed by atoms with E-state index in [4.69, 9.17) is 5.73 Å². The first-order valence-corrected chi connectivity index (χ1v) is 7.65. The predicted octanol–water partition coefficient (Wildman–Crippen LogP) is 3.48. The summed E-state index contributed by atoms with van der Waals surface area (Å²) in [5, 5.41) is 0. The summed E-state index contributed by atoms with van der Waals surface area (Å²) in [6.07, 6.45) is 2.52. The number of nitrogens with zero attached hydrogens (tertiary/aromatic N) is 2. The highest BCUT2D eigenvalue weighted by Gasteiger charge is 2.19. The molecule has 1 amide bonds. The number of hydrogen-bond acceptors (Lipinski definition) is 3. The molecular weight excluding hydrogens is 330 g/mol. The number of benzene rings is 1. The molecule has 0 aliphatic heterocycles. The number of rotatable bonds is 5. The zero-order valence-corrected chi connectivity index (χ0v) is 13.5. The standard InChI is InChI=1S/C16H18BrN3O/c1-2-10-20(11-12-5-7-13(18)8-6-12)16(21)15-14(17)4-3-9-19-15/h3-9H,2,10-11,18H2,1H3. The Hall–Kier alpha value is -1.88. The van der Waals surface area contributed by atoms with Crippen molar-refractivity contribution in [3.8, 4) is 0 Å². The van der Waals surface area contributed by atoms with Crippen LogP contribution in [-0.4, -0.2) is 22.3 Å². The van der Waals surface area contributed by atoms with Crippen molar-refractivity contribution < 1.29 is 4.79 Å². The van der Waals surface area contributed by atoms with E-state index >= 15 is 0 Å². The van der Waals surface area contributed by atoms with Gasteiger partial charge in [-0.25, -0.2) is 4.98 Å². The number of carbonyl (C=O) groups excluding carboxylic acids is 1. The van der Waals surface area contributed by atoms with Crippen LogP contribution in [0, 0.1) is 0 Å². The molecule has 0 radical (unpaired) electrons. The highest BCUT2D eigenvalue weighted by molar-refractivity contribution is 9.10. The summed E-state index contributed by atoms with van der Waals surface area (Å²) >= 11 is 3.38. The molecule has 0 unspecified atom stereocenters. The van der Waals surface area contributed by atoms with Crippen LogP contribution in [-0.2, 0) is 6.54 Å². The maximum absolute atomic E-state index is 12.6. The molecule has 2 aromatic rings. The van der Waals surface area contributed by atoms with Crippen LogP contribution < -0.4 is 5.73 Å². The Morgan fingerprint density at radius 1 is 1.29 bits per heavy atom. The smallest absolute Gasteiger partial charge is 0.273 e. The minimum Gasteiger partial charge on any atom is -0.399 e. The average molecular weight is 348 g/mol. The average Bonchev–Trinajstić information content (AvgIpc) is 2.49. The van der Waals surface area contributed by atoms with Gasteiger partial charge < -0.3 is 10.6 Å². The molecule has 1 aromatic heterocycles. The van der Waals surface area contributed by atoms with Crippen molar-refractivity contribution in [3.63, 3.8) is 0 Å². The molecule has 2 N–H and O–H groups in total. The van der Waals surface area contributed by atoms with Gasteiger partial charge in [-0.2, -0.15) is 0 Å². The molecule has 110 valence electrons. The van der Waals surface area contributed by atoms with Crippen LogP contribution in [0.2, 0.25) is 0 Å². The van der Waals surface area contributed by atoms with E-state index in [1.807, 2.05) is 30.3 Å². The lowest BCUT2D eigenvalue weighted by atomic mass is 10.2. The molecule has 0 aliphatic carbocycles. The summed E-state index contributed by atoms with van der Waals surface area (Å²) in [4.78, 5) is 18.6. The van der Waals surface area contributed by atoms with E-state index < -0.39 is 0 Å². The minimum absolute atomic E-state index is 0.0684. The minimum atomic E-state index is -0.0684. The third-order valence-electron chi connectivity index (χ3n) is 3.09. The molecule has 21 heavy (non-hydrogen) atoms. The van der Waals surface area contributed by atoms with Gasteiger partial charge in [0.2, 0.25) is 0 Å². The molecule has 0 saturated heterocycles. The lowest BCUT2D eigenvalue weighted by Crippen LogP contribution is -2.32. The number of pyridine rings is 1. The van der Waals surface area contributed by atoms with Gasteiger partial charge in [-0.15, -0.1) is 0 Å². The molecule has 0 atom stereocenters. The molecule has 1 heterocycles. The summed E-state index contributed by atoms with van der Waals surface area (Å²) in [7, 11) is 0. The number of anilines is 1. The Kier molecular flexibility index (Phi) is 5.33. The lowest BCUT2D eigenvalue weighted by molar-refractivity contribution is 0.0736. The normalized spacial score (nSPS) is 10.4. The van der Waals surface area contributed by atoms with E-state index in [1.165, 1.54) is 0 Å². The summed E-state index contributed by atoms with van der Waals surface area (Å²) in [5.74, 6) is -0.0684. The Morgan fingerprint density at radius 2 is 2.00 bits per heavy atom. The SMILES string of the molecule is CCCN(Cc1ccc(N)cc1)C(=O)c1ncccc1Br. The third-order valence-corrected chi connectivity index (χ3v) is 3.73. The van der Waals surface area contributed by atoms with Crippen molar-refractivity contribution in [2.24, 2.45) is 0 Å². The van der Waals surface area contributed by atoms with Crippen LogP contribution >= 0.6 is 15.9 Å². The molecule has 0 fully saturated rings. The highest BCUT2D eigenvalue weighted by Crippen LogP contribution is 2.17. The fraction of sp³-hybridized carbons (Fsp3) is 0.250. The maximum Gasteiger partial charge on any atom is 0.273 e. The number of halogens is 1. The largest absolute Gasteiger partial charge is 0.399 e. The predicted molar refractivity (Wildman–Crippen MR) is 87.8 cm³/mol. The van der Waals surface area contributed by atoms with E-state index in [2.05, 4.69) is 27.8 Å². The lowest BCUT2D eigenvalue weighted by Gasteiger charge is -2.22. The first-order chi connectivity index (χ1) is 10.1. The van der Waals surface area contributed by atoms with Gasteiger partial charge in [0, 0.05) is 29.4 Å². The topological polar surface area (TPSA) is 59.2 Å². The third kappa shape index (κ3) is 4.04. The van der Waals surface area contributed by atoms with Gasteiger partial charge in [0.05, 0.1) is 0 Å². The fourth-order valence-electron chi connectivity index (χ4n) is 2.06. The van der Waals surface area contributed by atoms with Gasteiger partial charge in [-0.05, 0) is 52.2 Å². The van der Waals surface area contributed by atoms with Gasteiger partial charge in [-0.3, -0.25) is 4.79 Å². The number of aromatic nitrogens is 1. The van der Waals surface area contributed by atoms with E-state index in [1.54, 1.807) is 17.2 Å². The second-order valence-corrected chi connectivity index (χ2v) is 5.66. The van der Waals surface area contributed by atoms with E-state index in [0.29, 0.717) is 23.3 Å². The van der Waals surface area contributed by atoms with Gasteiger partial charge in [-0.1, -0.05) is 19.1 Å². The number of nitrogens with two attached hydrogens (primary N) is 1. The summed E-state index contributed by atoms with van der Waals surface area (Å²) in [5.41, 5.74) is 7.91. The Labute approximate surface area is 133 Å². The first-order valence-electron chi connectivity index (χ1n) is 6.86. The van der Waals surface area contributed by atoms with Crippen molar-refractivity contribution in [1.29, 1.82) is 0 Å². The van der Waals surface area contributed by atoms with E-state index in [9.17, 15) is 4.79 Å². The van der Waals surface area contributed by atoms with E-state index in [-0.39, 0.29) is 5.91 Å². The van der Waals surface area contributed by atoms with Gasteiger partial charge in [0.1, 0.15) is 5.69 Å². The quantitative estimate of drug-likeness (QED) is 0.842. The molecule has 0 spiro atoms. The Morgan fingerprint density at radius 3 is 2.62 bits per heavy atom. The van der Waals surface area contributed by atoms with Crippen LogP contribution in [0.1, 0.15) is 29.4 Å². The van der Waals surface area contributed by atoms with Crippen molar-refractivity contribution in [3.05, 3.63) is 58.3 Å². The van der Waals surface area contributed by atoms with Crippen LogP contribution in [0.25, 0.3) is 0 Å². The number of hydrogen-bond donors (Lipinski definition) is 1. The number of carbonyl (C=O) groups is 1. The van der Waals surface area contributed by atoms with Crippen molar-refractivity contribution in [2.45, 2.75) is 19.9 Å². The summed E-state index contributed by atoms with van der Waals surface area (Å²) in [6.45, 7) is 3.29. The van der Waals surface area contributed by atoms with Gasteiger partial charge in [0.25, 0.3) is 5.91 Å². The van der Waals surface area contributed by atoms with Gasteiger partial charge in [0.15, 0.2) is 0 Å². The second kappa shape index (κ2) is 7.22. The van der Waals surface area contributed by atoms with Crippen molar-refractivity contribution in [2.75, 3.05) is 12.3 Å². The van der Waals surface area contributed by atoms with Crippen LogP contribution in [0.4, 0.5) is 5.69 Å². The highest BCUT2D eigenvalue weighted by atomic mass is 79.9. The molecular formula is C16H18BrN3O. The zero-order chi connectivity index (χ0) is 15.2. The molecule has 0 bridgehead atoms. The van der Waals surface area contributed by atoms with Crippen LogP contribution in [0.15, 0.2) is 47.1 Å². The molecule has 0 saturated carbocycles. The zero-order valence-electron chi connectivity index (χ0n) is 11.9. The Bertz CT molecular complexity index is 613.